The van der Waals surface area contributed by atoms with Gasteiger partial charge in [0.25, 0.3) is 10.1 Å². The molecular formula is C24H34O3S. The third kappa shape index (κ3) is 9.03. The lowest BCUT2D eigenvalue weighted by Crippen LogP contribution is -2.07. The van der Waals surface area contributed by atoms with Crippen molar-refractivity contribution in [2.75, 3.05) is 6.61 Å². The average molecular weight is 403 g/mol. The van der Waals surface area contributed by atoms with E-state index in [9.17, 15) is 8.42 Å². The van der Waals surface area contributed by atoms with E-state index in [-0.39, 0.29) is 11.5 Å². The highest BCUT2D eigenvalue weighted by Crippen LogP contribution is 2.15. The monoisotopic (exact) mass is 402 g/mol. The van der Waals surface area contributed by atoms with Crippen molar-refractivity contribution in [3.63, 3.8) is 0 Å². The average Bonchev–Trinajstić information content (AvgIpc) is 2.70. The lowest BCUT2D eigenvalue weighted by atomic mass is 10.0. The van der Waals surface area contributed by atoms with Gasteiger partial charge in [0, 0.05) is 0 Å². The van der Waals surface area contributed by atoms with E-state index in [0.29, 0.717) is 0 Å². The van der Waals surface area contributed by atoms with Crippen molar-refractivity contribution in [3.8, 4) is 0 Å². The second-order valence-electron chi connectivity index (χ2n) is 7.51. The van der Waals surface area contributed by atoms with Gasteiger partial charge in [-0.3, -0.25) is 4.18 Å². The Morgan fingerprint density at radius 3 is 1.82 bits per heavy atom. The lowest BCUT2D eigenvalue weighted by molar-refractivity contribution is 0.306. The molecule has 0 radical (unpaired) electrons. The minimum atomic E-state index is -3.61. The lowest BCUT2D eigenvalue weighted by Gasteiger charge is -2.06. The first-order chi connectivity index (χ1) is 13.6. The fourth-order valence-electron chi connectivity index (χ4n) is 3.25. The molecule has 4 heteroatoms. The van der Waals surface area contributed by atoms with Gasteiger partial charge in [-0.2, -0.15) is 8.42 Å². The van der Waals surface area contributed by atoms with Gasteiger partial charge in [-0.1, -0.05) is 93.0 Å². The molecule has 3 nitrogen and oxygen atoms in total. The number of benzene rings is 2. The fraction of sp³-hybridized carbons (Fsp3) is 0.500. The van der Waals surface area contributed by atoms with E-state index in [2.05, 4.69) is 30.3 Å². The number of hydrogen-bond acceptors (Lipinski definition) is 3. The molecule has 0 heterocycles. The maximum atomic E-state index is 12.1. The summed E-state index contributed by atoms with van der Waals surface area (Å²) in [4.78, 5) is 0.241. The van der Waals surface area contributed by atoms with Gasteiger partial charge < -0.3 is 0 Å². The third-order valence-corrected chi connectivity index (χ3v) is 6.33. The second kappa shape index (κ2) is 12.7. The zero-order valence-electron chi connectivity index (χ0n) is 17.1. The van der Waals surface area contributed by atoms with Gasteiger partial charge in [-0.05, 0) is 43.9 Å². The summed E-state index contributed by atoms with van der Waals surface area (Å²) in [6.07, 6.45) is 11.8. The van der Waals surface area contributed by atoms with E-state index in [1.54, 1.807) is 24.3 Å². The summed E-state index contributed by atoms with van der Waals surface area (Å²) in [7, 11) is -3.61. The number of rotatable bonds is 14. The summed E-state index contributed by atoms with van der Waals surface area (Å²) in [5, 5.41) is 0. The Morgan fingerprint density at radius 1 is 0.679 bits per heavy atom. The van der Waals surface area contributed by atoms with Crippen LogP contribution in [0.1, 0.15) is 68.9 Å². The Bertz CT molecular complexity index is 752. The van der Waals surface area contributed by atoms with Gasteiger partial charge in [0.05, 0.1) is 11.5 Å². The Morgan fingerprint density at radius 2 is 1.21 bits per heavy atom. The van der Waals surface area contributed by atoms with Crippen LogP contribution in [0.3, 0.4) is 0 Å². The molecule has 0 saturated heterocycles. The van der Waals surface area contributed by atoms with Gasteiger partial charge in [-0.15, -0.1) is 0 Å². The van der Waals surface area contributed by atoms with Crippen molar-refractivity contribution in [2.24, 2.45) is 0 Å². The van der Waals surface area contributed by atoms with Crippen molar-refractivity contribution in [3.05, 3.63) is 65.7 Å². The summed E-state index contributed by atoms with van der Waals surface area (Å²) < 4.78 is 29.3. The molecule has 2 rings (SSSR count). The molecule has 0 aliphatic heterocycles. The molecule has 0 aromatic heterocycles. The fourth-order valence-corrected chi connectivity index (χ4v) is 4.20. The molecule has 154 valence electrons. The molecule has 0 spiro atoms. The standard InChI is InChI=1S/C24H34O3S/c1-22-17-19-24(20-18-22)28(25,26)27-21-13-8-6-4-2-3-5-7-10-14-23-15-11-9-12-16-23/h9,11-12,15-20H,2-8,10,13-14,21H2,1H3. The maximum absolute atomic E-state index is 12.1. The van der Waals surface area contributed by atoms with Crippen molar-refractivity contribution in [2.45, 2.75) is 76.0 Å². The summed E-state index contributed by atoms with van der Waals surface area (Å²) in [5.41, 5.74) is 2.48. The van der Waals surface area contributed by atoms with Gasteiger partial charge in [0.15, 0.2) is 0 Å². The molecule has 2 aromatic carbocycles. The Balaban J connectivity index is 1.42. The maximum Gasteiger partial charge on any atom is 0.296 e. The normalized spacial score (nSPS) is 11.6. The van der Waals surface area contributed by atoms with Crippen molar-refractivity contribution < 1.29 is 12.6 Å². The van der Waals surface area contributed by atoms with E-state index in [4.69, 9.17) is 4.18 Å². The van der Waals surface area contributed by atoms with E-state index in [1.165, 1.54) is 50.5 Å². The van der Waals surface area contributed by atoms with Crippen LogP contribution in [0, 0.1) is 6.92 Å². The zero-order chi connectivity index (χ0) is 20.1. The number of unbranched alkanes of at least 4 members (excludes halogenated alkanes) is 8. The first-order valence-electron chi connectivity index (χ1n) is 10.6. The van der Waals surface area contributed by atoms with Crippen LogP contribution in [0.15, 0.2) is 59.5 Å². The minimum absolute atomic E-state index is 0.241. The predicted molar refractivity (Wildman–Crippen MR) is 116 cm³/mol. The summed E-state index contributed by atoms with van der Waals surface area (Å²) in [5.74, 6) is 0. The zero-order valence-corrected chi connectivity index (χ0v) is 17.9. The second-order valence-corrected chi connectivity index (χ2v) is 9.12. The van der Waals surface area contributed by atoms with Crippen molar-refractivity contribution in [1.82, 2.24) is 0 Å². The van der Waals surface area contributed by atoms with Crippen LogP contribution < -0.4 is 0 Å². The topological polar surface area (TPSA) is 43.4 Å². The third-order valence-electron chi connectivity index (χ3n) is 5.00. The first-order valence-corrected chi connectivity index (χ1v) is 12.0. The van der Waals surface area contributed by atoms with Gasteiger partial charge >= 0.3 is 0 Å². The molecule has 0 aliphatic carbocycles. The van der Waals surface area contributed by atoms with Crippen LogP contribution in [0.5, 0.6) is 0 Å². The van der Waals surface area contributed by atoms with E-state index in [1.807, 2.05) is 6.92 Å². The Labute approximate surface area is 171 Å². The first kappa shape index (κ1) is 22.6. The molecule has 0 saturated carbocycles. The summed E-state index contributed by atoms with van der Waals surface area (Å²) in [6, 6.07) is 17.5. The molecule has 0 bridgehead atoms. The van der Waals surface area contributed by atoms with Gasteiger partial charge in [0.2, 0.25) is 0 Å². The number of hydrogen-bond donors (Lipinski definition) is 0. The minimum Gasteiger partial charge on any atom is -0.266 e. The quantitative estimate of drug-likeness (QED) is 0.269. The Hall–Kier alpha value is -1.65. The van der Waals surface area contributed by atoms with E-state index >= 15 is 0 Å². The van der Waals surface area contributed by atoms with Crippen LogP contribution >= 0.6 is 0 Å². The molecule has 2 aromatic rings. The van der Waals surface area contributed by atoms with Gasteiger partial charge in [0.1, 0.15) is 0 Å². The molecule has 0 N–H and O–H groups in total. The molecule has 0 fully saturated rings. The smallest absolute Gasteiger partial charge is 0.266 e. The van der Waals surface area contributed by atoms with E-state index < -0.39 is 10.1 Å². The molecular weight excluding hydrogens is 368 g/mol. The van der Waals surface area contributed by atoms with Crippen molar-refractivity contribution >= 4 is 10.1 Å². The van der Waals surface area contributed by atoms with Crippen LogP contribution in [0.2, 0.25) is 0 Å². The van der Waals surface area contributed by atoms with E-state index in [0.717, 1.165) is 24.8 Å². The highest BCUT2D eigenvalue weighted by molar-refractivity contribution is 7.86. The van der Waals surface area contributed by atoms with Gasteiger partial charge in [-0.25, -0.2) is 0 Å². The molecule has 0 unspecified atom stereocenters. The van der Waals surface area contributed by atoms with Crippen LogP contribution in [0.4, 0.5) is 0 Å². The molecule has 0 amide bonds. The largest absolute Gasteiger partial charge is 0.296 e. The highest BCUT2D eigenvalue weighted by atomic mass is 32.2. The molecule has 0 atom stereocenters. The van der Waals surface area contributed by atoms with Crippen LogP contribution in [-0.4, -0.2) is 15.0 Å². The Kier molecular flexibility index (Phi) is 10.3. The van der Waals surface area contributed by atoms with Crippen molar-refractivity contribution in [1.29, 1.82) is 0 Å². The van der Waals surface area contributed by atoms with Crippen LogP contribution in [-0.2, 0) is 20.7 Å². The highest BCUT2D eigenvalue weighted by Gasteiger charge is 2.14. The number of aryl methyl sites for hydroxylation is 2. The predicted octanol–water partition coefficient (Wildman–Crippen LogP) is 6.45. The SMILES string of the molecule is Cc1ccc(S(=O)(=O)OCCCCCCCCCCCc2ccccc2)cc1. The van der Waals surface area contributed by atoms with Crippen LogP contribution in [0.25, 0.3) is 0 Å². The summed E-state index contributed by atoms with van der Waals surface area (Å²) >= 11 is 0. The molecule has 0 aliphatic rings. The summed E-state index contributed by atoms with van der Waals surface area (Å²) in [6.45, 7) is 2.21. The molecule has 28 heavy (non-hydrogen) atoms.